The molecule has 1 unspecified atom stereocenters. The lowest BCUT2D eigenvalue weighted by Gasteiger charge is -2.39. The number of anilines is 1. The normalized spacial score (nSPS) is 17.0. The quantitative estimate of drug-likeness (QED) is 0.816. The van der Waals surface area contributed by atoms with Gasteiger partial charge in [0, 0.05) is 5.69 Å². The number of nitrogens with one attached hydrogen (secondary N) is 1. The Kier molecular flexibility index (Phi) is 4.92. The molecule has 6 heteroatoms. The number of amides is 1. The Morgan fingerprint density at radius 3 is 2.50 bits per heavy atom. The molecule has 1 atom stereocenters. The summed E-state index contributed by atoms with van der Waals surface area (Å²) in [5.74, 6) is 0.299. The summed E-state index contributed by atoms with van der Waals surface area (Å²) >= 11 is 4.53. The molecule has 0 saturated heterocycles. The second kappa shape index (κ2) is 7.14. The molecule has 5 nitrogen and oxygen atoms in total. The molecular formula is C20H19N3O2S. The summed E-state index contributed by atoms with van der Waals surface area (Å²) in [4.78, 5) is 14.3. The number of nitriles is 1. The topological polar surface area (TPSA) is 65.4 Å². The van der Waals surface area contributed by atoms with E-state index in [0.29, 0.717) is 5.03 Å². The van der Waals surface area contributed by atoms with Crippen LogP contribution < -0.4 is 15.0 Å². The van der Waals surface area contributed by atoms with Crippen molar-refractivity contribution in [3.8, 4) is 11.8 Å². The highest BCUT2D eigenvalue weighted by Gasteiger charge is 2.34. The molecule has 2 aromatic rings. The Balaban J connectivity index is 2.18. The average Bonchev–Trinajstić information content (AvgIpc) is 2.64. The molecule has 1 aliphatic heterocycles. The van der Waals surface area contributed by atoms with Crippen molar-refractivity contribution in [2.75, 3.05) is 12.0 Å². The van der Waals surface area contributed by atoms with Crippen molar-refractivity contribution in [3.05, 3.63) is 69.8 Å². The molecule has 1 aliphatic rings. The highest BCUT2D eigenvalue weighted by Crippen LogP contribution is 2.38. The maximum absolute atomic E-state index is 12.4. The predicted octanol–water partition coefficient (Wildman–Crippen LogP) is 3.61. The van der Waals surface area contributed by atoms with Crippen LogP contribution in [0.4, 0.5) is 5.69 Å². The van der Waals surface area contributed by atoms with Crippen molar-refractivity contribution in [3.63, 3.8) is 0 Å². The van der Waals surface area contributed by atoms with Crippen LogP contribution >= 0.6 is 12.6 Å². The van der Waals surface area contributed by atoms with Gasteiger partial charge < -0.3 is 15.0 Å². The zero-order chi connectivity index (χ0) is 18.8. The van der Waals surface area contributed by atoms with Gasteiger partial charge in [-0.3, -0.25) is 4.79 Å². The molecule has 0 aromatic heterocycles. The van der Waals surface area contributed by atoms with E-state index in [1.807, 2.05) is 67.3 Å². The lowest BCUT2D eigenvalue weighted by molar-refractivity contribution is -0.118. The monoisotopic (exact) mass is 365 g/mol. The van der Waals surface area contributed by atoms with Crippen LogP contribution in [0, 0.1) is 25.2 Å². The predicted molar refractivity (Wildman–Crippen MR) is 104 cm³/mol. The highest BCUT2D eigenvalue weighted by atomic mass is 32.1. The number of carbonyl (C=O) groups excluding carboxylic acids is 1. The van der Waals surface area contributed by atoms with E-state index in [0.717, 1.165) is 28.1 Å². The van der Waals surface area contributed by atoms with Crippen LogP contribution in [0.5, 0.6) is 5.75 Å². The standard InChI is InChI=1S/C20H19N3O2S/c1-12-4-5-13(2)17(10-12)23-18(14-6-8-15(25-3)9-7-14)22-19(24)16(11-21)20(23)26/h4-10,18,26H,1-3H3,(H,22,24). The van der Waals surface area contributed by atoms with E-state index in [1.54, 1.807) is 7.11 Å². The lowest BCUT2D eigenvalue weighted by atomic mass is 10.0. The molecule has 0 saturated carbocycles. The van der Waals surface area contributed by atoms with Crippen LogP contribution in [0.1, 0.15) is 22.9 Å². The van der Waals surface area contributed by atoms with Gasteiger partial charge in [0.25, 0.3) is 5.91 Å². The Morgan fingerprint density at radius 1 is 1.19 bits per heavy atom. The Hall–Kier alpha value is -2.91. The second-order valence-corrected chi connectivity index (χ2v) is 6.54. The molecular weight excluding hydrogens is 346 g/mol. The summed E-state index contributed by atoms with van der Waals surface area (Å²) in [7, 11) is 1.60. The Bertz CT molecular complexity index is 929. The van der Waals surface area contributed by atoms with Crippen molar-refractivity contribution in [1.82, 2.24) is 5.32 Å². The van der Waals surface area contributed by atoms with Gasteiger partial charge in [0.15, 0.2) is 0 Å². The molecule has 1 heterocycles. The third-order valence-corrected chi connectivity index (χ3v) is 4.81. The maximum Gasteiger partial charge on any atom is 0.266 e. The number of thiol groups is 1. The smallest absolute Gasteiger partial charge is 0.266 e. The minimum Gasteiger partial charge on any atom is -0.497 e. The minimum atomic E-state index is -0.474. The third kappa shape index (κ3) is 3.14. The number of ether oxygens (including phenoxy) is 1. The van der Waals surface area contributed by atoms with Crippen LogP contribution in [0.3, 0.4) is 0 Å². The maximum atomic E-state index is 12.4. The lowest BCUT2D eigenvalue weighted by Crippen LogP contribution is -2.46. The van der Waals surface area contributed by atoms with Gasteiger partial charge in [0.2, 0.25) is 0 Å². The molecule has 0 aliphatic carbocycles. The van der Waals surface area contributed by atoms with Crippen molar-refractivity contribution in [1.29, 1.82) is 5.26 Å². The molecule has 132 valence electrons. The summed E-state index contributed by atoms with van der Waals surface area (Å²) < 4.78 is 5.21. The summed E-state index contributed by atoms with van der Waals surface area (Å²) in [6.45, 7) is 3.99. The van der Waals surface area contributed by atoms with Gasteiger partial charge in [-0.05, 0) is 48.7 Å². The molecule has 0 bridgehead atoms. The van der Waals surface area contributed by atoms with Crippen LogP contribution in [0.25, 0.3) is 0 Å². The van der Waals surface area contributed by atoms with E-state index < -0.39 is 12.1 Å². The SMILES string of the molecule is COc1ccc(C2NC(=O)C(C#N)=C(S)N2c2cc(C)ccc2C)cc1. The fourth-order valence-electron chi connectivity index (χ4n) is 2.96. The number of aryl methyl sites for hydroxylation is 2. The number of rotatable bonds is 3. The zero-order valence-corrected chi connectivity index (χ0v) is 15.7. The summed E-state index contributed by atoms with van der Waals surface area (Å²) in [5, 5.41) is 12.6. The van der Waals surface area contributed by atoms with Gasteiger partial charge in [-0.2, -0.15) is 5.26 Å². The third-order valence-electron chi connectivity index (χ3n) is 4.37. The molecule has 0 radical (unpaired) electrons. The highest BCUT2D eigenvalue weighted by molar-refractivity contribution is 7.84. The van der Waals surface area contributed by atoms with Gasteiger partial charge in [0.05, 0.1) is 12.1 Å². The van der Waals surface area contributed by atoms with E-state index in [2.05, 4.69) is 17.9 Å². The number of benzene rings is 2. The first-order valence-corrected chi connectivity index (χ1v) is 8.55. The molecule has 1 amide bonds. The van der Waals surface area contributed by atoms with E-state index in [-0.39, 0.29) is 5.57 Å². The fraction of sp³-hybridized carbons (Fsp3) is 0.200. The van der Waals surface area contributed by atoms with Crippen LogP contribution in [-0.2, 0) is 4.79 Å². The Morgan fingerprint density at radius 2 is 1.88 bits per heavy atom. The zero-order valence-electron chi connectivity index (χ0n) is 14.8. The van der Waals surface area contributed by atoms with Gasteiger partial charge in [-0.1, -0.05) is 24.3 Å². The molecule has 2 aromatic carbocycles. The van der Waals surface area contributed by atoms with Gasteiger partial charge in [-0.25, -0.2) is 0 Å². The molecule has 26 heavy (non-hydrogen) atoms. The number of methoxy groups -OCH3 is 1. The van der Waals surface area contributed by atoms with Crippen LogP contribution in [-0.4, -0.2) is 13.0 Å². The molecule has 1 N–H and O–H groups in total. The Labute approximate surface area is 158 Å². The van der Waals surface area contributed by atoms with Crippen LogP contribution in [0.2, 0.25) is 0 Å². The fourth-order valence-corrected chi connectivity index (χ4v) is 3.33. The van der Waals surface area contributed by atoms with E-state index >= 15 is 0 Å². The molecule has 0 spiro atoms. The van der Waals surface area contributed by atoms with E-state index in [4.69, 9.17) is 4.74 Å². The number of hydrogen-bond donors (Lipinski definition) is 2. The average molecular weight is 365 g/mol. The summed E-state index contributed by atoms with van der Waals surface area (Å²) in [6, 6.07) is 15.5. The van der Waals surface area contributed by atoms with Crippen molar-refractivity contribution in [2.45, 2.75) is 20.0 Å². The summed E-state index contributed by atoms with van der Waals surface area (Å²) in [5.41, 5.74) is 3.86. The first-order chi connectivity index (χ1) is 12.5. The first-order valence-electron chi connectivity index (χ1n) is 8.11. The first kappa shape index (κ1) is 17.9. The summed E-state index contributed by atoms with van der Waals surface area (Å²) in [6.07, 6.45) is -0.474. The van der Waals surface area contributed by atoms with Gasteiger partial charge in [-0.15, -0.1) is 12.6 Å². The van der Waals surface area contributed by atoms with Crippen molar-refractivity contribution in [2.24, 2.45) is 0 Å². The van der Waals surface area contributed by atoms with Crippen molar-refractivity contribution >= 4 is 24.2 Å². The number of carbonyl (C=O) groups is 1. The second-order valence-electron chi connectivity index (χ2n) is 6.12. The minimum absolute atomic E-state index is 0.000925. The largest absolute Gasteiger partial charge is 0.497 e. The van der Waals surface area contributed by atoms with Gasteiger partial charge in [0.1, 0.15) is 23.6 Å². The van der Waals surface area contributed by atoms with E-state index in [9.17, 15) is 10.1 Å². The number of hydrogen-bond acceptors (Lipinski definition) is 5. The van der Waals surface area contributed by atoms with Gasteiger partial charge >= 0.3 is 0 Å². The molecule has 3 rings (SSSR count). The molecule has 0 fully saturated rings. The van der Waals surface area contributed by atoms with Crippen molar-refractivity contribution < 1.29 is 9.53 Å². The number of nitrogens with zero attached hydrogens (tertiary/aromatic N) is 2. The van der Waals surface area contributed by atoms with Crippen LogP contribution in [0.15, 0.2) is 53.1 Å². The van der Waals surface area contributed by atoms with E-state index in [1.165, 1.54) is 0 Å².